The Morgan fingerprint density at radius 2 is 1.59 bits per heavy atom. The van der Waals surface area contributed by atoms with Crippen molar-refractivity contribution in [1.29, 1.82) is 0 Å². The summed E-state index contributed by atoms with van der Waals surface area (Å²) in [5, 5.41) is 4.02. The molecule has 32 heavy (non-hydrogen) atoms. The van der Waals surface area contributed by atoms with Gasteiger partial charge in [-0.05, 0) is 73.7 Å². The highest BCUT2D eigenvalue weighted by molar-refractivity contribution is 7.92. The molecule has 8 heteroatoms. The summed E-state index contributed by atoms with van der Waals surface area (Å²) in [6.07, 6.45) is 3.61. The average molecular weight is 449 g/mol. The quantitative estimate of drug-likeness (QED) is 0.457. The molecular formula is C24H24N4O3S. The van der Waals surface area contributed by atoms with Gasteiger partial charge in [-0.3, -0.25) is 9.71 Å². The van der Waals surface area contributed by atoms with Crippen LogP contribution in [0.1, 0.15) is 33.7 Å². The molecule has 2 aromatic heterocycles. The van der Waals surface area contributed by atoms with Gasteiger partial charge in [-0.25, -0.2) is 8.42 Å². The zero-order valence-corrected chi connectivity index (χ0v) is 19.2. The van der Waals surface area contributed by atoms with E-state index in [4.69, 9.17) is 4.52 Å². The molecule has 0 atom stereocenters. The average Bonchev–Trinajstić information content (AvgIpc) is 3.23. The van der Waals surface area contributed by atoms with E-state index in [0.717, 1.165) is 33.4 Å². The summed E-state index contributed by atoms with van der Waals surface area (Å²) < 4.78 is 34.9. The number of sulfonamides is 1. The molecule has 0 radical (unpaired) electrons. The van der Waals surface area contributed by atoms with Crippen molar-refractivity contribution >= 4 is 15.7 Å². The van der Waals surface area contributed by atoms with Crippen LogP contribution in [0.15, 0.2) is 64.3 Å². The number of aryl methyl sites for hydroxylation is 2. The van der Waals surface area contributed by atoms with Crippen molar-refractivity contribution in [2.24, 2.45) is 0 Å². The maximum atomic E-state index is 13.4. The van der Waals surface area contributed by atoms with Crippen molar-refractivity contribution in [3.05, 3.63) is 88.6 Å². The van der Waals surface area contributed by atoms with Crippen LogP contribution < -0.4 is 4.72 Å². The normalized spacial score (nSPS) is 11.5. The van der Waals surface area contributed by atoms with Gasteiger partial charge in [0, 0.05) is 18.0 Å². The molecule has 2 heterocycles. The first-order chi connectivity index (χ1) is 15.3. The van der Waals surface area contributed by atoms with Gasteiger partial charge in [-0.1, -0.05) is 29.4 Å². The highest BCUT2D eigenvalue weighted by Crippen LogP contribution is 2.29. The van der Waals surface area contributed by atoms with Crippen LogP contribution in [0.2, 0.25) is 0 Å². The van der Waals surface area contributed by atoms with Gasteiger partial charge in [-0.2, -0.15) is 4.98 Å². The number of hydrogen-bond donors (Lipinski definition) is 1. The molecule has 0 saturated carbocycles. The van der Waals surface area contributed by atoms with Gasteiger partial charge in [0.05, 0.1) is 17.0 Å². The number of hydrogen-bond acceptors (Lipinski definition) is 6. The Kier molecular flexibility index (Phi) is 5.80. The summed E-state index contributed by atoms with van der Waals surface area (Å²) in [5.74, 6) is 0.851. The fourth-order valence-electron chi connectivity index (χ4n) is 3.66. The fourth-order valence-corrected chi connectivity index (χ4v) is 5.38. The standard InChI is InChI=1S/C24H24N4O3S/c1-15-13-16(2)18(4)23(17(15)3)32(29,30)28-21-8-6-5-7-20(21)14-22-26-24(27-31-22)19-9-11-25-12-10-19/h5-13,28H,14H2,1-4H3. The van der Waals surface area contributed by atoms with Crippen molar-refractivity contribution in [1.82, 2.24) is 15.1 Å². The molecule has 0 bridgehead atoms. The molecule has 4 aromatic rings. The minimum atomic E-state index is -3.80. The van der Waals surface area contributed by atoms with E-state index in [9.17, 15) is 8.42 Å². The second-order valence-corrected chi connectivity index (χ2v) is 9.40. The van der Waals surface area contributed by atoms with E-state index in [1.165, 1.54) is 0 Å². The third kappa shape index (κ3) is 4.27. The Balaban J connectivity index is 1.65. The molecule has 0 amide bonds. The topological polar surface area (TPSA) is 98.0 Å². The molecule has 0 aliphatic rings. The number of rotatable bonds is 6. The minimum Gasteiger partial charge on any atom is -0.339 e. The zero-order valence-electron chi connectivity index (χ0n) is 18.4. The third-order valence-electron chi connectivity index (χ3n) is 5.58. The van der Waals surface area contributed by atoms with Gasteiger partial charge in [-0.15, -0.1) is 0 Å². The zero-order chi connectivity index (χ0) is 22.9. The first-order valence-corrected chi connectivity index (χ1v) is 11.7. The van der Waals surface area contributed by atoms with Crippen LogP contribution in [0.4, 0.5) is 5.69 Å². The first kappa shape index (κ1) is 21.7. The fraction of sp³-hybridized carbons (Fsp3) is 0.208. The lowest BCUT2D eigenvalue weighted by molar-refractivity contribution is 0.386. The predicted molar refractivity (Wildman–Crippen MR) is 123 cm³/mol. The van der Waals surface area contributed by atoms with Gasteiger partial charge in [0.25, 0.3) is 10.0 Å². The Morgan fingerprint density at radius 1 is 0.938 bits per heavy atom. The Hall–Kier alpha value is -3.52. The predicted octanol–water partition coefficient (Wildman–Crippen LogP) is 4.76. The second kappa shape index (κ2) is 8.55. The van der Waals surface area contributed by atoms with Crippen LogP contribution in [-0.2, 0) is 16.4 Å². The summed E-state index contributed by atoms with van der Waals surface area (Å²) in [6.45, 7) is 7.51. The minimum absolute atomic E-state index is 0.293. The van der Waals surface area contributed by atoms with E-state index in [1.54, 1.807) is 36.7 Å². The molecule has 0 spiro atoms. The van der Waals surface area contributed by atoms with Crippen LogP contribution in [0, 0.1) is 27.7 Å². The van der Waals surface area contributed by atoms with Crippen LogP contribution in [0.3, 0.4) is 0 Å². The smallest absolute Gasteiger partial charge is 0.262 e. The van der Waals surface area contributed by atoms with Crippen molar-refractivity contribution in [3.8, 4) is 11.4 Å². The van der Waals surface area contributed by atoms with Crippen molar-refractivity contribution in [3.63, 3.8) is 0 Å². The Morgan fingerprint density at radius 3 is 2.28 bits per heavy atom. The lowest BCUT2D eigenvalue weighted by atomic mass is 10.0. The lowest BCUT2D eigenvalue weighted by Gasteiger charge is -2.18. The first-order valence-electron chi connectivity index (χ1n) is 10.2. The van der Waals surface area contributed by atoms with E-state index in [-0.39, 0.29) is 0 Å². The van der Waals surface area contributed by atoms with Gasteiger partial charge in [0.2, 0.25) is 11.7 Å². The summed E-state index contributed by atoms with van der Waals surface area (Å²) in [5.41, 5.74) is 5.39. The highest BCUT2D eigenvalue weighted by Gasteiger charge is 2.23. The summed E-state index contributed by atoms with van der Waals surface area (Å²) in [4.78, 5) is 8.75. The molecular weight excluding hydrogens is 424 g/mol. The van der Waals surface area contributed by atoms with Gasteiger partial charge >= 0.3 is 0 Å². The molecule has 4 rings (SSSR count). The Bertz CT molecular complexity index is 1350. The van der Waals surface area contributed by atoms with Crippen molar-refractivity contribution < 1.29 is 12.9 Å². The van der Waals surface area contributed by atoms with Crippen molar-refractivity contribution in [2.45, 2.75) is 39.0 Å². The maximum absolute atomic E-state index is 13.4. The highest BCUT2D eigenvalue weighted by atomic mass is 32.2. The van der Waals surface area contributed by atoms with Crippen LogP contribution in [0.5, 0.6) is 0 Å². The van der Waals surface area contributed by atoms with E-state index >= 15 is 0 Å². The molecule has 2 aromatic carbocycles. The van der Waals surface area contributed by atoms with E-state index in [2.05, 4.69) is 19.8 Å². The Labute approximate surface area is 187 Å². The van der Waals surface area contributed by atoms with Crippen molar-refractivity contribution in [2.75, 3.05) is 4.72 Å². The van der Waals surface area contributed by atoms with Crippen LogP contribution >= 0.6 is 0 Å². The molecule has 0 saturated heterocycles. The molecule has 0 aliphatic carbocycles. The van der Waals surface area contributed by atoms with E-state index in [0.29, 0.717) is 28.7 Å². The number of nitrogens with zero attached hydrogens (tertiary/aromatic N) is 3. The largest absolute Gasteiger partial charge is 0.339 e. The third-order valence-corrected chi connectivity index (χ3v) is 7.21. The van der Waals surface area contributed by atoms with Crippen LogP contribution in [0.25, 0.3) is 11.4 Å². The number of nitrogens with one attached hydrogen (secondary N) is 1. The van der Waals surface area contributed by atoms with E-state index < -0.39 is 10.0 Å². The summed E-state index contributed by atoms with van der Waals surface area (Å²) in [6, 6.07) is 12.8. The molecule has 164 valence electrons. The molecule has 1 N–H and O–H groups in total. The molecule has 0 aliphatic heterocycles. The molecule has 0 unspecified atom stereocenters. The summed E-state index contributed by atoms with van der Waals surface area (Å²) in [7, 11) is -3.80. The second-order valence-electron chi connectivity index (χ2n) is 7.78. The number of anilines is 1. The van der Waals surface area contributed by atoms with Gasteiger partial charge < -0.3 is 4.52 Å². The van der Waals surface area contributed by atoms with Gasteiger partial charge in [0.1, 0.15) is 0 Å². The van der Waals surface area contributed by atoms with Gasteiger partial charge in [0.15, 0.2) is 0 Å². The maximum Gasteiger partial charge on any atom is 0.262 e. The number of aromatic nitrogens is 3. The van der Waals surface area contributed by atoms with E-state index in [1.807, 2.05) is 45.9 Å². The number of pyridine rings is 1. The lowest BCUT2D eigenvalue weighted by Crippen LogP contribution is -2.18. The molecule has 0 fully saturated rings. The number of para-hydroxylation sites is 1. The SMILES string of the molecule is Cc1cc(C)c(C)c(S(=O)(=O)Nc2ccccc2Cc2nc(-c3ccncc3)no2)c1C. The van der Waals surface area contributed by atoms with Crippen LogP contribution in [-0.4, -0.2) is 23.5 Å². The summed E-state index contributed by atoms with van der Waals surface area (Å²) >= 11 is 0. The number of benzene rings is 2. The monoisotopic (exact) mass is 448 g/mol. The molecule has 7 nitrogen and oxygen atoms in total.